The third-order valence-electron chi connectivity index (χ3n) is 8.73. The predicted octanol–water partition coefficient (Wildman–Crippen LogP) is 5.95. The number of hydrogen-bond acceptors (Lipinski definition) is 7. The van der Waals surface area contributed by atoms with Crippen molar-refractivity contribution in [1.82, 2.24) is 4.98 Å². The number of thiazole rings is 1. The number of carbonyl (C=O) groups is 2. The van der Waals surface area contributed by atoms with Gasteiger partial charge in [-0.2, -0.15) is 5.10 Å². The van der Waals surface area contributed by atoms with Gasteiger partial charge in [-0.3, -0.25) is 15.0 Å². The quantitative estimate of drug-likeness (QED) is 0.164. The van der Waals surface area contributed by atoms with E-state index in [1.54, 1.807) is 19.2 Å². The van der Waals surface area contributed by atoms with Gasteiger partial charge in [-0.15, -0.1) is 0 Å². The molecular weight excluding hydrogens is 532 g/mol. The molecule has 1 fully saturated rings. The normalized spacial score (nSPS) is 24.0. The Morgan fingerprint density at radius 3 is 2.27 bits per heavy atom. The van der Waals surface area contributed by atoms with Crippen LogP contribution in [0.1, 0.15) is 28.2 Å². The highest BCUT2D eigenvalue weighted by Crippen LogP contribution is 2.64. The minimum atomic E-state index is -0.959. The first kappa shape index (κ1) is 24.0. The number of para-hydroxylation sites is 3. The Bertz CT molecular complexity index is 1830. The number of carbonyl (C=O) groups excluding carboxylic acids is 2. The van der Waals surface area contributed by atoms with Gasteiger partial charge in [0.25, 0.3) is 0 Å². The van der Waals surface area contributed by atoms with E-state index in [1.165, 1.54) is 16.2 Å². The average Bonchev–Trinajstić information content (AvgIpc) is 3.55. The van der Waals surface area contributed by atoms with Crippen LogP contribution in [0.2, 0.25) is 0 Å². The molecule has 5 aromatic rings. The molecule has 0 saturated carbocycles. The highest BCUT2D eigenvalue weighted by atomic mass is 32.1. The van der Waals surface area contributed by atoms with Gasteiger partial charge in [-0.25, -0.2) is 9.88 Å². The number of rotatable bonds is 5. The highest BCUT2D eigenvalue weighted by molar-refractivity contribution is 7.22. The lowest BCUT2D eigenvalue weighted by molar-refractivity contribution is -0.122. The van der Waals surface area contributed by atoms with Gasteiger partial charge in [0.05, 0.1) is 40.3 Å². The largest absolute Gasteiger partial charge is 0.495 e. The van der Waals surface area contributed by atoms with Crippen LogP contribution < -0.4 is 15.1 Å². The first-order valence-electron chi connectivity index (χ1n) is 13.5. The van der Waals surface area contributed by atoms with Crippen LogP contribution in [-0.2, 0) is 15.0 Å². The fourth-order valence-electron chi connectivity index (χ4n) is 7.21. The molecule has 0 radical (unpaired) electrons. The summed E-state index contributed by atoms with van der Waals surface area (Å²) in [5, 5.41) is 5.40. The lowest BCUT2D eigenvalue weighted by atomic mass is 9.47. The van der Waals surface area contributed by atoms with Crippen molar-refractivity contribution in [2.45, 2.75) is 11.3 Å². The van der Waals surface area contributed by atoms with Gasteiger partial charge in [0, 0.05) is 12.1 Å². The molecule has 4 aromatic carbocycles. The molecular formula is C33H24N4O3S. The summed E-state index contributed by atoms with van der Waals surface area (Å²) >= 11 is 1.51. The molecule has 8 heteroatoms. The van der Waals surface area contributed by atoms with E-state index in [-0.39, 0.29) is 17.7 Å². The van der Waals surface area contributed by atoms with Gasteiger partial charge < -0.3 is 4.74 Å². The summed E-state index contributed by atoms with van der Waals surface area (Å²) in [4.78, 5) is 34.9. The molecule has 200 valence electrons. The fraction of sp³-hybridized carbons (Fsp3) is 0.152. The Morgan fingerprint density at radius 2 is 1.54 bits per heavy atom. The molecule has 2 bridgehead atoms. The van der Waals surface area contributed by atoms with Crippen molar-refractivity contribution in [2.75, 3.05) is 17.4 Å². The molecule has 4 aliphatic rings. The molecule has 9 rings (SSSR count). The second-order valence-electron chi connectivity index (χ2n) is 10.6. The molecule has 7 nitrogen and oxygen atoms in total. The molecule has 1 N–H and O–H groups in total. The van der Waals surface area contributed by atoms with E-state index in [1.807, 2.05) is 66.9 Å². The van der Waals surface area contributed by atoms with E-state index in [2.05, 4.69) is 34.7 Å². The number of benzene rings is 4. The molecule has 2 amide bonds. The molecule has 0 unspecified atom stereocenters. The molecule has 1 aromatic heterocycles. The van der Waals surface area contributed by atoms with E-state index in [0.717, 1.165) is 32.5 Å². The van der Waals surface area contributed by atoms with E-state index in [4.69, 9.17) is 9.84 Å². The van der Waals surface area contributed by atoms with Crippen molar-refractivity contribution in [3.63, 3.8) is 0 Å². The smallest absolute Gasteiger partial charge is 0.239 e. The van der Waals surface area contributed by atoms with E-state index >= 15 is 0 Å². The summed E-state index contributed by atoms with van der Waals surface area (Å²) in [5.74, 6) is -1.46. The van der Waals surface area contributed by atoms with Crippen molar-refractivity contribution in [1.29, 1.82) is 0 Å². The summed E-state index contributed by atoms with van der Waals surface area (Å²) in [6, 6.07) is 31.4. The Kier molecular flexibility index (Phi) is 5.18. The second kappa shape index (κ2) is 8.84. The summed E-state index contributed by atoms with van der Waals surface area (Å²) in [6.07, 6.45) is 1.83. The van der Waals surface area contributed by atoms with E-state index < -0.39 is 17.3 Å². The number of nitrogens with one attached hydrogen (secondary N) is 1. The molecule has 2 heterocycles. The predicted molar refractivity (Wildman–Crippen MR) is 160 cm³/mol. The number of fused-ring (bicyclic) bond motifs is 1. The maximum absolute atomic E-state index is 14.5. The van der Waals surface area contributed by atoms with E-state index in [0.29, 0.717) is 16.6 Å². The van der Waals surface area contributed by atoms with Crippen LogP contribution in [0.4, 0.5) is 10.8 Å². The Hall–Kier alpha value is -4.82. The van der Waals surface area contributed by atoms with Gasteiger partial charge in [0.15, 0.2) is 0 Å². The number of ether oxygens (including phenoxy) is 1. The van der Waals surface area contributed by atoms with Gasteiger partial charge in [0.2, 0.25) is 16.9 Å². The number of hydrazone groups is 1. The number of nitrogens with zero attached hydrogens (tertiary/aromatic N) is 3. The first-order chi connectivity index (χ1) is 20.1. The Morgan fingerprint density at radius 1 is 0.878 bits per heavy atom. The minimum absolute atomic E-state index is 0.213. The number of imide groups is 1. The van der Waals surface area contributed by atoms with Crippen LogP contribution in [0.25, 0.3) is 10.2 Å². The van der Waals surface area contributed by atoms with Crippen molar-refractivity contribution >= 4 is 50.4 Å². The zero-order chi connectivity index (χ0) is 27.7. The molecule has 1 aliphatic heterocycles. The number of aromatic nitrogens is 1. The number of amides is 2. The van der Waals surface area contributed by atoms with Crippen LogP contribution in [0, 0.1) is 11.8 Å². The summed E-state index contributed by atoms with van der Waals surface area (Å²) in [6.45, 7) is 0. The summed E-state index contributed by atoms with van der Waals surface area (Å²) in [5.41, 5.74) is 7.65. The standard InChI is InChI=1S/C33H24N4O3S/c1-40-25-16-8-7-15-24(25)37-30(38)28-27-19-10-2-4-12-21(19)33(29(28)31(37)39,22-13-5-3-11-20(22)27)18-34-36-32-35-23-14-6-9-17-26(23)41-32/h2-18,27-29H,1H3,(H,35,36)/b34-18-/t27?,28-,29-,33?/m1/s1. The maximum Gasteiger partial charge on any atom is 0.239 e. The lowest BCUT2D eigenvalue weighted by Gasteiger charge is -2.52. The Labute approximate surface area is 240 Å². The molecule has 0 spiro atoms. The summed E-state index contributed by atoms with van der Waals surface area (Å²) < 4.78 is 6.63. The van der Waals surface area contributed by atoms with Gasteiger partial charge in [-0.1, -0.05) is 84.1 Å². The molecule has 41 heavy (non-hydrogen) atoms. The van der Waals surface area contributed by atoms with Crippen molar-refractivity contribution in [3.8, 4) is 5.75 Å². The second-order valence-corrected chi connectivity index (χ2v) is 11.6. The SMILES string of the molecule is COc1ccccc1N1C(=O)[C@@H]2C3c4ccccc4C(/C=N\Nc4nc5ccccc5s4)(c4ccccc43)[C@H]2C1=O. The monoisotopic (exact) mass is 556 g/mol. The lowest BCUT2D eigenvalue weighted by Crippen LogP contribution is -2.54. The topological polar surface area (TPSA) is 83.9 Å². The number of hydrogen-bond donors (Lipinski definition) is 1. The van der Waals surface area contributed by atoms with Crippen LogP contribution in [0.5, 0.6) is 5.75 Å². The Balaban J connectivity index is 1.32. The van der Waals surface area contributed by atoms with Crippen LogP contribution in [0.15, 0.2) is 102 Å². The average molecular weight is 557 g/mol. The zero-order valence-corrected chi connectivity index (χ0v) is 22.8. The van der Waals surface area contributed by atoms with Crippen LogP contribution >= 0.6 is 11.3 Å². The van der Waals surface area contributed by atoms with Crippen LogP contribution in [-0.4, -0.2) is 30.1 Å². The van der Waals surface area contributed by atoms with Crippen molar-refractivity contribution in [3.05, 3.63) is 119 Å². The first-order valence-corrected chi connectivity index (χ1v) is 14.3. The molecule has 1 saturated heterocycles. The fourth-order valence-corrected chi connectivity index (χ4v) is 8.03. The number of methoxy groups -OCH3 is 1. The van der Waals surface area contributed by atoms with Gasteiger partial charge in [0.1, 0.15) is 5.75 Å². The molecule has 2 atom stereocenters. The van der Waals surface area contributed by atoms with Gasteiger partial charge >= 0.3 is 0 Å². The summed E-state index contributed by atoms with van der Waals surface area (Å²) in [7, 11) is 1.55. The minimum Gasteiger partial charge on any atom is -0.495 e. The maximum atomic E-state index is 14.5. The van der Waals surface area contributed by atoms with Crippen molar-refractivity contribution in [2.24, 2.45) is 16.9 Å². The third kappa shape index (κ3) is 3.19. The zero-order valence-electron chi connectivity index (χ0n) is 22.0. The van der Waals surface area contributed by atoms with Crippen molar-refractivity contribution < 1.29 is 14.3 Å². The van der Waals surface area contributed by atoms with Gasteiger partial charge in [-0.05, 0) is 46.5 Å². The third-order valence-corrected chi connectivity index (χ3v) is 9.67. The molecule has 3 aliphatic carbocycles. The number of anilines is 2. The highest BCUT2D eigenvalue weighted by Gasteiger charge is 2.68. The van der Waals surface area contributed by atoms with E-state index in [9.17, 15) is 9.59 Å². The van der Waals surface area contributed by atoms with Crippen LogP contribution in [0.3, 0.4) is 0 Å².